The second-order valence-corrected chi connectivity index (χ2v) is 7.75. The summed E-state index contributed by atoms with van der Waals surface area (Å²) in [7, 11) is -2.08. The Balaban J connectivity index is 3.41. The smallest absolute Gasteiger partial charge is 0.242 e. The third kappa shape index (κ3) is 3.76. The third-order valence-corrected chi connectivity index (χ3v) is 4.53. The summed E-state index contributed by atoms with van der Waals surface area (Å²) >= 11 is 5.65. The van der Waals surface area contributed by atoms with E-state index in [4.69, 9.17) is 16.9 Å². The molecular weight excluding hydrogens is 325 g/mol. The van der Waals surface area contributed by atoms with Gasteiger partial charge in [-0.1, -0.05) is 23.7 Å². The topological polar surface area (TPSA) is 52.9 Å². The molecule has 1 N–H and O–H groups in total. The first-order chi connectivity index (χ1) is 9.44. The molecule has 21 heavy (non-hydrogen) atoms. The van der Waals surface area contributed by atoms with Crippen LogP contribution < -0.4 is 4.72 Å². The molecule has 0 amide bonds. The van der Waals surface area contributed by atoms with Crippen LogP contribution in [0.25, 0.3) is 0 Å². The zero-order valence-corrected chi connectivity index (χ0v) is 13.2. The van der Waals surface area contributed by atoms with Crippen molar-refractivity contribution in [3.05, 3.63) is 34.9 Å². The molecule has 0 radical (unpaired) electrons. The number of benzene rings is 1. The minimum absolute atomic E-state index is 0.240. The highest BCUT2D eigenvalue weighted by Crippen LogP contribution is 2.40. The van der Waals surface area contributed by atoms with E-state index in [-0.39, 0.29) is 10.6 Å². The minimum Gasteiger partial charge on any atom is -0.242 e. The summed E-state index contributed by atoms with van der Waals surface area (Å²) in [5, 5.41) is 9.39. The normalized spacial score (nSPS) is 16.9. The van der Waals surface area contributed by atoms with Crippen molar-refractivity contribution in [2.45, 2.75) is 37.2 Å². The molecule has 0 aliphatic rings. The van der Waals surface area contributed by atoms with Gasteiger partial charge in [0.2, 0.25) is 5.54 Å². The quantitative estimate of drug-likeness (QED) is 0.914. The fourth-order valence-electron chi connectivity index (χ4n) is 1.42. The van der Waals surface area contributed by atoms with Crippen LogP contribution in [0.5, 0.6) is 0 Å². The molecule has 0 aliphatic heterocycles. The number of halogens is 4. The SMILES string of the molecule is CC(C)(C)[S@@](=O)N[C@@](C#N)(c1ccc(Cl)cc1)C(F)(F)F. The molecule has 8 heteroatoms. The van der Waals surface area contributed by atoms with Crippen molar-refractivity contribution in [3.8, 4) is 6.07 Å². The first-order valence-electron chi connectivity index (χ1n) is 5.88. The first kappa shape index (κ1) is 18.0. The summed E-state index contributed by atoms with van der Waals surface area (Å²) in [5.74, 6) is 0. The van der Waals surface area contributed by atoms with Gasteiger partial charge in [-0.05, 0) is 38.5 Å². The van der Waals surface area contributed by atoms with E-state index in [0.29, 0.717) is 0 Å². The van der Waals surface area contributed by atoms with E-state index in [1.807, 2.05) is 4.72 Å². The monoisotopic (exact) mass is 338 g/mol. The molecule has 0 unspecified atom stereocenters. The number of alkyl halides is 3. The van der Waals surface area contributed by atoms with Crippen LogP contribution in [0, 0.1) is 11.3 Å². The van der Waals surface area contributed by atoms with Crippen molar-refractivity contribution in [2.75, 3.05) is 0 Å². The Hall–Kier alpha value is -1.10. The summed E-state index contributed by atoms with van der Waals surface area (Å²) in [6, 6.07) is 5.89. The van der Waals surface area contributed by atoms with Gasteiger partial charge in [0, 0.05) is 5.02 Å². The van der Waals surface area contributed by atoms with Gasteiger partial charge in [-0.15, -0.1) is 0 Å². The van der Waals surface area contributed by atoms with E-state index < -0.39 is 27.4 Å². The lowest BCUT2D eigenvalue weighted by atomic mass is 9.92. The van der Waals surface area contributed by atoms with E-state index in [1.165, 1.54) is 39.0 Å². The van der Waals surface area contributed by atoms with E-state index in [0.717, 1.165) is 12.1 Å². The molecule has 3 nitrogen and oxygen atoms in total. The van der Waals surface area contributed by atoms with Crippen LogP contribution in [0.4, 0.5) is 13.2 Å². The molecule has 1 rings (SSSR count). The molecule has 116 valence electrons. The second-order valence-electron chi connectivity index (χ2n) is 5.35. The maximum absolute atomic E-state index is 13.5. The third-order valence-electron chi connectivity index (χ3n) is 2.67. The second kappa shape index (κ2) is 5.95. The van der Waals surface area contributed by atoms with Gasteiger partial charge in [0.05, 0.1) is 15.7 Å². The Morgan fingerprint density at radius 1 is 1.19 bits per heavy atom. The fourth-order valence-corrected chi connectivity index (χ4v) is 2.41. The lowest BCUT2D eigenvalue weighted by Gasteiger charge is -2.32. The molecule has 0 saturated carbocycles. The van der Waals surface area contributed by atoms with Gasteiger partial charge in [0.15, 0.2) is 0 Å². The van der Waals surface area contributed by atoms with Gasteiger partial charge in [0.1, 0.15) is 6.07 Å². The van der Waals surface area contributed by atoms with Crippen LogP contribution in [0.2, 0.25) is 5.02 Å². The first-order valence-corrected chi connectivity index (χ1v) is 7.40. The lowest BCUT2D eigenvalue weighted by Crippen LogP contribution is -2.56. The highest BCUT2D eigenvalue weighted by Gasteiger charge is 2.58. The Kier molecular flexibility index (Phi) is 5.09. The standard InChI is InChI=1S/C13H14ClF3N2OS/c1-11(2,3)21(20)19-12(8-18,13(15,16)17)9-4-6-10(14)7-5-9/h4-7,19H,1-3H3/t12-,21+/m0/s1. The molecule has 2 atom stereocenters. The summed E-state index contributed by atoms with van der Waals surface area (Å²) in [4.78, 5) is 0. The maximum atomic E-state index is 13.5. The highest BCUT2D eigenvalue weighted by molar-refractivity contribution is 7.84. The number of hydrogen-bond acceptors (Lipinski definition) is 2. The Morgan fingerprint density at radius 2 is 1.67 bits per heavy atom. The number of rotatable bonds is 3. The fraction of sp³-hybridized carbons (Fsp3) is 0.462. The summed E-state index contributed by atoms with van der Waals surface area (Å²) in [6.07, 6.45) is -4.95. The Bertz CT molecular complexity index is 575. The van der Waals surface area contributed by atoms with Crippen LogP contribution in [0.1, 0.15) is 26.3 Å². The molecule has 0 aromatic heterocycles. The van der Waals surface area contributed by atoms with E-state index >= 15 is 0 Å². The molecule has 0 bridgehead atoms. The average Bonchev–Trinajstić information content (AvgIpc) is 2.34. The molecule has 0 spiro atoms. The predicted molar refractivity (Wildman–Crippen MR) is 75.8 cm³/mol. The molecular formula is C13H14ClF3N2OS. The zero-order valence-electron chi connectivity index (χ0n) is 11.6. The highest BCUT2D eigenvalue weighted by atomic mass is 35.5. The van der Waals surface area contributed by atoms with Crippen LogP contribution in [0.3, 0.4) is 0 Å². The van der Waals surface area contributed by atoms with Crippen LogP contribution in [-0.2, 0) is 16.5 Å². The van der Waals surface area contributed by atoms with Crippen molar-refractivity contribution in [1.29, 1.82) is 5.26 Å². The van der Waals surface area contributed by atoms with Gasteiger partial charge in [-0.3, -0.25) is 0 Å². The van der Waals surface area contributed by atoms with Crippen LogP contribution in [-0.4, -0.2) is 15.1 Å². The van der Waals surface area contributed by atoms with Crippen molar-refractivity contribution in [3.63, 3.8) is 0 Å². The molecule has 0 heterocycles. The van der Waals surface area contributed by atoms with Gasteiger partial charge in [0.25, 0.3) is 0 Å². The summed E-state index contributed by atoms with van der Waals surface area (Å²) in [6.45, 7) is 4.53. The number of nitrogens with zero attached hydrogens (tertiary/aromatic N) is 1. The van der Waals surface area contributed by atoms with Crippen molar-refractivity contribution >= 4 is 22.6 Å². The van der Waals surface area contributed by atoms with Gasteiger partial charge in [-0.2, -0.15) is 18.4 Å². The summed E-state index contributed by atoms with van der Waals surface area (Å²) < 4.78 is 53.4. The van der Waals surface area contributed by atoms with Crippen molar-refractivity contribution in [2.24, 2.45) is 0 Å². The Morgan fingerprint density at radius 3 is 2.00 bits per heavy atom. The zero-order chi connectivity index (χ0) is 16.5. The van der Waals surface area contributed by atoms with Crippen LogP contribution >= 0.6 is 11.6 Å². The van der Waals surface area contributed by atoms with Crippen LogP contribution in [0.15, 0.2) is 24.3 Å². The molecule has 0 aliphatic carbocycles. The molecule has 0 saturated heterocycles. The molecule has 0 fully saturated rings. The molecule has 1 aromatic rings. The van der Waals surface area contributed by atoms with Gasteiger partial charge < -0.3 is 0 Å². The largest absolute Gasteiger partial charge is 0.425 e. The lowest BCUT2D eigenvalue weighted by molar-refractivity contribution is -0.176. The number of nitriles is 1. The average molecular weight is 339 g/mol. The Labute approximate surface area is 128 Å². The van der Waals surface area contributed by atoms with Crippen molar-refractivity contribution < 1.29 is 17.4 Å². The number of hydrogen-bond donors (Lipinski definition) is 1. The number of nitrogens with one attached hydrogen (secondary N) is 1. The van der Waals surface area contributed by atoms with E-state index in [1.54, 1.807) is 0 Å². The van der Waals surface area contributed by atoms with Crippen molar-refractivity contribution in [1.82, 2.24) is 4.72 Å². The maximum Gasteiger partial charge on any atom is 0.425 e. The predicted octanol–water partition coefficient (Wildman–Crippen LogP) is 3.67. The van der Waals surface area contributed by atoms with E-state index in [2.05, 4.69) is 0 Å². The summed E-state index contributed by atoms with van der Waals surface area (Å²) in [5.41, 5.74) is -3.42. The van der Waals surface area contributed by atoms with Gasteiger partial charge >= 0.3 is 6.18 Å². The molecule has 1 aromatic carbocycles. The van der Waals surface area contributed by atoms with Gasteiger partial charge in [-0.25, -0.2) is 8.93 Å². The van der Waals surface area contributed by atoms with E-state index in [9.17, 15) is 17.4 Å². The minimum atomic E-state index is -4.95.